The lowest BCUT2D eigenvalue weighted by Crippen LogP contribution is -2.43. The lowest BCUT2D eigenvalue weighted by Gasteiger charge is -2.36. The van der Waals surface area contributed by atoms with Crippen molar-refractivity contribution in [3.8, 4) is 0 Å². The molecule has 98 valence electrons. The number of hydrogen-bond donors (Lipinski definition) is 2. The highest BCUT2D eigenvalue weighted by Crippen LogP contribution is 2.27. The Hall–Kier alpha value is -1.39. The van der Waals surface area contributed by atoms with Crippen LogP contribution in [0.25, 0.3) is 0 Å². The molecular weight excluding hydrogens is 230 g/mol. The van der Waals surface area contributed by atoms with Gasteiger partial charge in [-0.25, -0.2) is 4.79 Å². The van der Waals surface area contributed by atoms with Gasteiger partial charge in [-0.3, -0.25) is 4.90 Å². The standard InChI is InChI=1S/C14H19NO3/c16-13(14(17)18)12(11-7-3-1-4-8-11)15-9-5-2-6-10-15/h1,3-4,7-8,12-13,16H,2,5-6,9-10H2,(H,17,18)/t12-,13-/m1/s1. The van der Waals surface area contributed by atoms with Gasteiger partial charge in [0.05, 0.1) is 6.04 Å². The molecule has 0 bridgehead atoms. The fourth-order valence-electron chi connectivity index (χ4n) is 2.57. The number of benzene rings is 1. The van der Waals surface area contributed by atoms with Crippen LogP contribution in [0, 0.1) is 0 Å². The zero-order chi connectivity index (χ0) is 13.0. The molecule has 18 heavy (non-hydrogen) atoms. The minimum absolute atomic E-state index is 0.441. The first-order valence-corrected chi connectivity index (χ1v) is 6.40. The van der Waals surface area contributed by atoms with Crippen LogP contribution in [-0.4, -0.2) is 40.3 Å². The summed E-state index contributed by atoms with van der Waals surface area (Å²) in [6, 6.07) is 8.96. The van der Waals surface area contributed by atoms with Gasteiger partial charge in [0.15, 0.2) is 6.10 Å². The molecule has 0 aromatic heterocycles. The second-order valence-electron chi connectivity index (χ2n) is 4.74. The minimum atomic E-state index is -1.37. The van der Waals surface area contributed by atoms with E-state index in [9.17, 15) is 9.90 Å². The molecule has 0 spiro atoms. The van der Waals surface area contributed by atoms with E-state index in [1.165, 1.54) is 6.42 Å². The topological polar surface area (TPSA) is 60.8 Å². The quantitative estimate of drug-likeness (QED) is 0.852. The second-order valence-corrected chi connectivity index (χ2v) is 4.74. The number of carboxylic acids is 1. The average Bonchev–Trinajstić information content (AvgIpc) is 2.41. The van der Waals surface area contributed by atoms with Crippen LogP contribution in [0.15, 0.2) is 30.3 Å². The van der Waals surface area contributed by atoms with E-state index in [2.05, 4.69) is 4.90 Å². The third kappa shape index (κ3) is 2.89. The van der Waals surface area contributed by atoms with Gasteiger partial charge in [0.25, 0.3) is 0 Å². The molecular formula is C14H19NO3. The van der Waals surface area contributed by atoms with Gasteiger partial charge in [0.2, 0.25) is 0 Å². The number of rotatable bonds is 4. The number of aliphatic hydroxyl groups is 1. The van der Waals surface area contributed by atoms with Gasteiger partial charge >= 0.3 is 5.97 Å². The normalized spacial score (nSPS) is 20.3. The van der Waals surface area contributed by atoms with Crippen LogP contribution in [0.1, 0.15) is 30.9 Å². The Bertz CT molecular complexity index is 387. The van der Waals surface area contributed by atoms with Crippen LogP contribution in [0.3, 0.4) is 0 Å². The fraction of sp³-hybridized carbons (Fsp3) is 0.500. The molecule has 1 aromatic carbocycles. The van der Waals surface area contributed by atoms with Gasteiger partial charge in [-0.15, -0.1) is 0 Å². The zero-order valence-electron chi connectivity index (χ0n) is 10.3. The third-order valence-corrected chi connectivity index (χ3v) is 3.48. The summed E-state index contributed by atoms with van der Waals surface area (Å²) >= 11 is 0. The van der Waals surface area contributed by atoms with Crippen LogP contribution >= 0.6 is 0 Å². The summed E-state index contributed by atoms with van der Waals surface area (Å²) in [7, 11) is 0. The summed E-state index contributed by atoms with van der Waals surface area (Å²) in [5, 5.41) is 19.0. The highest BCUT2D eigenvalue weighted by molar-refractivity contribution is 5.73. The predicted octanol–water partition coefficient (Wildman–Crippen LogP) is 1.66. The molecule has 0 radical (unpaired) electrons. The maximum atomic E-state index is 11.1. The molecule has 1 aromatic rings. The molecule has 1 saturated heterocycles. The SMILES string of the molecule is O=C(O)[C@H](O)[C@@H](c1ccccc1)N1CCCCC1. The van der Waals surface area contributed by atoms with Gasteiger partial charge in [0.1, 0.15) is 0 Å². The number of aliphatic hydroxyl groups excluding tert-OH is 1. The summed E-state index contributed by atoms with van der Waals surface area (Å²) < 4.78 is 0. The summed E-state index contributed by atoms with van der Waals surface area (Å²) in [4.78, 5) is 13.2. The molecule has 0 amide bonds. The number of carbonyl (C=O) groups is 1. The van der Waals surface area contributed by atoms with E-state index in [4.69, 9.17) is 5.11 Å². The number of nitrogens with zero attached hydrogens (tertiary/aromatic N) is 1. The monoisotopic (exact) mass is 249 g/mol. The van der Waals surface area contributed by atoms with Crippen molar-refractivity contribution in [1.82, 2.24) is 4.90 Å². The van der Waals surface area contributed by atoms with Crippen molar-refractivity contribution >= 4 is 5.97 Å². The van der Waals surface area contributed by atoms with E-state index in [-0.39, 0.29) is 0 Å². The summed E-state index contributed by atoms with van der Waals surface area (Å²) in [5.41, 5.74) is 0.870. The van der Waals surface area contributed by atoms with Crippen molar-refractivity contribution in [3.05, 3.63) is 35.9 Å². The van der Waals surface area contributed by atoms with Gasteiger partial charge in [-0.2, -0.15) is 0 Å². The predicted molar refractivity (Wildman–Crippen MR) is 68.2 cm³/mol. The van der Waals surface area contributed by atoms with E-state index < -0.39 is 18.1 Å². The summed E-state index contributed by atoms with van der Waals surface area (Å²) in [6.45, 7) is 1.70. The van der Waals surface area contributed by atoms with Crippen molar-refractivity contribution in [1.29, 1.82) is 0 Å². The summed E-state index contributed by atoms with van der Waals surface area (Å²) in [5.74, 6) is -1.16. The lowest BCUT2D eigenvalue weighted by molar-refractivity contribution is -0.151. The van der Waals surface area contributed by atoms with E-state index in [0.717, 1.165) is 31.5 Å². The van der Waals surface area contributed by atoms with Gasteiger partial charge < -0.3 is 10.2 Å². The molecule has 2 rings (SSSR count). The van der Waals surface area contributed by atoms with Crippen LogP contribution in [0.4, 0.5) is 0 Å². The van der Waals surface area contributed by atoms with Crippen molar-refractivity contribution in [3.63, 3.8) is 0 Å². The molecule has 2 N–H and O–H groups in total. The van der Waals surface area contributed by atoms with Gasteiger partial charge in [0, 0.05) is 0 Å². The number of aliphatic carboxylic acids is 1. The lowest BCUT2D eigenvalue weighted by atomic mass is 9.97. The Balaban J connectivity index is 2.25. The van der Waals surface area contributed by atoms with E-state index in [1.807, 2.05) is 30.3 Å². The zero-order valence-corrected chi connectivity index (χ0v) is 10.3. The molecule has 1 heterocycles. The molecule has 0 saturated carbocycles. The highest BCUT2D eigenvalue weighted by Gasteiger charge is 2.32. The number of carboxylic acid groups (broad SMARTS) is 1. The summed E-state index contributed by atoms with van der Waals surface area (Å²) in [6.07, 6.45) is 1.94. The van der Waals surface area contributed by atoms with Gasteiger partial charge in [-0.05, 0) is 31.5 Å². The first kappa shape index (κ1) is 13.1. The highest BCUT2D eigenvalue weighted by atomic mass is 16.4. The smallest absolute Gasteiger partial charge is 0.334 e. The molecule has 4 heteroatoms. The van der Waals surface area contributed by atoms with E-state index in [0.29, 0.717) is 0 Å². The van der Waals surface area contributed by atoms with Crippen molar-refractivity contribution in [2.75, 3.05) is 13.1 Å². The number of piperidine rings is 1. The largest absolute Gasteiger partial charge is 0.479 e. The number of hydrogen-bond acceptors (Lipinski definition) is 3. The Kier molecular flexibility index (Phi) is 4.33. The van der Waals surface area contributed by atoms with Crippen molar-refractivity contribution < 1.29 is 15.0 Å². The molecule has 2 atom stereocenters. The maximum absolute atomic E-state index is 11.1. The number of likely N-dealkylation sites (tertiary alicyclic amines) is 1. The molecule has 1 aliphatic heterocycles. The average molecular weight is 249 g/mol. The maximum Gasteiger partial charge on any atom is 0.334 e. The van der Waals surface area contributed by atoms with Crippen LogP contribution in [0.2, 0.25) is 0 Å². The molecule has 4 nitrogen and oxygen atoms in total. The van der Waals surface area contributed by atoms with Crippen molar-refractivity contribution in [2.45, 2.75) is 31.4 Å². The van der Waals surface area contributed by atoms with Crippen LogP contribution in [0.5, 0.6) is 0 Å². The minimum Gasteiger partial charge on any atom is -0.479 e. The van der Waals surface area contributed by atoms with Crippen LogP contribution < -0.4 is 0 Å². The van der Waals surface area contributed by atoms with Gasteiger partial charge in [-0.1, -0.05) is 36.8 Å². The van der Waals surface area contributed by atoms with Crippen LogP contribution in [-0.2, 0) is 4.79 Å². The molecule has 1 fully saturated rings. The Morgan fingerprint density at radius 1 is 1.11 bits per heavy atom. The van der Waals surface area contributed by atoms with E-state index in [1.54, 1.807) is 0 Å². The molecule has 0 aliphatic carbocycles. The second kappa shape index (κ2) is 5.98. The fourth-order valence-corrected chi connectivity index (χ4v) is 2.57. The Morgan fingerprint density at radius 2 is 1.72 bits per heavy atom. The Morgan fingerprint density at radius 3 is 2.28 bits per heavy atom. The first-order valence-electron chi connectivity index (χ1n) is 6.40. The third-order valence-electron chi connectivity index (χ3n) is 3.48. The van der Waals surface area contributed by atoms with Crippen molar-refractivity contribution in [2.24, 2.45) is 0 Å². The first-order chi connectivity index (χ1) is 8.70. The Labute approximate surface area is 107 Å². The molecule has 1 aliphatic rings. The molecule has 0 unspecified atom stereocenters. The van der Waals surface area contributed by atoms with E-state index >= 15 is 0 Å².